The molecule has 0 atom stereocenters. The van der Waals surface area contributed by atoms with Crippen LogP contribution in [-0.4, -0.2) is 9.55 Å². The molecule has 1 saturated carbocycles. The van der Waals surface area contributed by atoms with Crippen LogP contribution in [0.4, 0.5) is 5.82 Å². The maximum absolute atomic E-state index is 6.11. The van der Waals surface area contributed by atoms with Crippen LogP contribution >= 0.6 is 0 Å². The highest BCUT2D eigenvalue weighted by atomic mass is 15.1. The van der Waals surface area contributed by atoms with E-state index in [0.717, 1.165) is 36.7 Å². The molecule has 0 aromatic carbocycles. The average molecular weight is 193 g/mol. The van der Waals surface area contributed by atoms with E-state index in [2.05, 4.69) is 23.4 Å². The van der Waals surface area contributed by atoms with Gasteiger partial charge in [0.05, 0.1) is 5.69 Å². The summed E-state index contributed by atoms with van der Waals surface area (Å²) >= 11 is 0. The zero-order valence-corrected chi connectivity index (χ0v) is 9.08. The van der Waals surface area contributed by atoms with Crippen LogP contribution in [0.15, 0.2) is 0 Å². The summed E-state index contributed by atoms with van der Waals surface area (Å²) in [6.07, 6.45) is 4.65. The molecule has 2 N–H and O–H groups in total. The zero-order valence-electron chi connectivity index (χ0n) is 9.08. The van der Waals surface area contributed by atoms with Gasteiger partial charge in [-0.3, -0.25) is 0 Å². The van der Waals surface area contributed by atoms with E-state index in [9.17, 15) is 0 Å². The average Bonchev–Trinajstić information content (AvgIpc) is 2.96. The maximum Gasteiger partial charge on any atom is 0.127 e. The van der Waals surface area contributed by atoms with Crippen LogP contribution in [0.1, 0.15) is 50.5 Å². The summed E-state index contributed by atoms with van der Waals surface area (Å²) in [6, 6.07) is 0. The van der Waals surface area contributed by atoms with Gasteiger partial charge in [0.15, 0.2) is 0 Å². The number of aromatic nitrogens is 2. The molecule has 14 heavy (non-hydrogen) atoms. The number of rotatable bonds is 4. The summed E-state index contributed by atoms with van der Waals surface area (Å²) in [5.74, 6) is 2.75. The number of nitrogens with zero attached hydrogens (tertiary/aromatic N) is 2. The SMILES string of the molecule is CCCn1c(CC)nc(C2CC2)c1N. The third kappa shape index (κ3) is 1.51. The molecule has 1 fully saturated rings. The van der Waals surface area contributed by atoms with Crippen LogP contribution in [0.2, 0.25) is 0 Å². The number of nitrogens with two attached hydrogens (primary N) is 1. The second-order valence-electron chi connectivity index (χ2n) is 4.08. The number of nitrogen functional groups attached to an aromatic ring is 1. The van der Waals surface area contributed by atoms with Crippen LogP contribution < -0.4 is 5.73 Å². The molecule has 1 aromatic rings. The highest BCUT2D eigenvalue weighted by Gasteiger charge is 2.29. The Morgan fingerprint density at radius 2 is 2.14 bits per heavy atom. The van der Waals surface area contributed by atoms with Crippen LogP contribution in [0.3, 0.4) is 0 Å². The normalized spacial score (nSPS) is 16.1. The first-order chi connectivity index (χ1) is 6.77. The quantitative estimate of drug-likeness (QED) is 0.797. The van der Waals surface area contributed by atoms with E-state index in [1.165, 1.54) is 12.8 Å². The topological polar surface area (TPSA) is 43.8 Å². The predicted molar refractivity (Wildman–Crippen MR) is 58.3 cm³/mol. The van der Waals surface area contributed by atoms with Crippen molar-refractivity contribution in [1.82, 2.24) is 9.55 Å². The lowest BCUT2D eigenvalue weighted by atomic mass is 10.3. The summed E-state index contributed by atoms with van der Waals surface area (Å²) in [5.41, 5.74) is 7.27. The van der Waals surface area contributed by atoms with Crippen molar-refractivity contribution >= 4 is 5.82 Å². The van der Waals surface area contributed by atoms with Crippen molar-refractivity contribution in [1.29, 1.82) is 0 Å². The van der Waals surface area contributed by atoms with Crippen LogP contribution in [0.5, 0.6) is 0 Å². The molecule has 0 aliphatic heterocycles. The first kappa shape index (κ1) is 9.56. The van der Waals surface area contributed by atoms with E-state index in [1.807, 2.05) is 0 Å². The Balaban J connectivity index is 2.34. The number of anilines is 1. The minimum absolute atomic E-state index is 0.665. The van der Waals surface area contributed by atoms with E-state index in [-0.39, 0.29) is 0 Å². The van der Waals surface area contributed by atoms with Gasteiger partial charge in [0.2, 0.25) is 0 Å². The van der Waals surface area contributed by atoms with Crippen LogP contribution in [-0.2, 0) is 13.0 Å². The fourth-order valence-electron chi connectivity index (χ4n) is 1.93. The molecule has 3 nitrogen and oxygen atoms in total. The van der Waals surface area contributed by atoms with Crippen molar-refractivity contribution in [3.63, 3.8) is 0 Å². The molecule has 1 aliphatic rings. The minimum atomic E-state index is 0.665. The molecular formula is C11H19N3. The van der Waals surface area contributed by atoms with Crippen LogP contribution in [0, 0.1) is 0 Å². The summed E-state index contributed by atoms with van der Waals surface area (Å²) in [6.45, 7) is 5.33. The summed E-state index contributed by atoms with van der Waals surface area (Å²) in [7, 11) is 0. The monoisotopic (exact) mass is 193 g/mol. The number of imidazole rings is 1. The Hall–Kier alpha value is -0.990. The lowest BCUT2D eigenvalue weighted by Gasteiger charge is -2.06. The number of hydrogen-bond donors (Lipinski definition) is 1. The predicted octanol–water partition coefficient (Wildman–Crippen LogP) is 2.32. The Morgan fingerprint density at radius 1 is 1.43 bits per heavy atom. The second kappa shape index (κ2) is 3.64. The van der Waals surface area contributed by atoms with E-state index in [1.54, 1.807) is 0 Å². The molecule has 0 radical (unpaired) electrons. The Bertz CT molecular complexity index is 324. The minimum Gasteiger partial charge on any atom is -0.384 e. The van der Waals surface area contributed by atoms with E-state index in [4.69, 9.17) is 5.73 Å². The Kier molecular flexibility index (Phi) is 2.48. The molecule has 1 aromatic heterocycles. The van der Waals surface area contributed by atoms with Gasteiger partial charge in [0.25, 0.3) is 0 Å². The van der Waals surface area contributed by atoms with Crippen molar-refractivity contribution in [2.24, 2.45) is 0 Å². The summed E-state index contributed by atoms with van der Waals surface area (Å²) in [4.78, 5) is 4.65. The number of aryl methyl sites for hydroxylation is 1. The van der Waals surface area contributed by atoms with E-state index >= 15 is 0 Å². The van der Waals surface area contributed by atoms with Crippen molar-refractivity contribution in [2.45, 2.75) is 52.0 Å². The molecule has 1 heterocycles. The van der Waals surface area contributed by atoms with Crippen molar-refractivity contribution < 1.29 is 0 Å². The fourth-order valence-corrected chi connectivity index (χ4v) is 1.93. The van der Waals surface area contributed by atoms with Gasteiger partial charge in [0.1, 0.15) is 11.6 Å². The molecule has 0 amide bonds. The zero-order chi connectivity index (χ0) is 10.1. The molecule has 0 saturated heterocycles. The third-order valence-electron chi connectivity index (χ3n) is 2.84. The van der Waals surface area contributed by atoms with Gasteiger partial charge in [-0.25, -0.2) is 4.98 Å². The standard InChI is InChI=1S/C11H19N3/c1-3-7-14-9(4-2)13-10(11(14)12)8-5-6-8/h8H,3-7,12H2,1-2H3. The summed E-state index contributed by atoms with van der Waals surface area (Å²) in [5, 5.41) is 0. The molecule has 3 heteroatoms. The highest BCUT2D eigenvalue weighted by molar-refractivity contribution is 5.42. The van der Waals surface area contributed by atoms with Crippen molar-refractivity contribution in [3.8, 4) is 0 Å². The van der Waals surface area contributed by atoms with Crippen molar-refractivity contribution in [3.05, 3.63) is 11.5 Å². The molecule has 78 valence electrons. The van der Waals surface area contributed by atoms with Gasteiger partial charge in [-0.2, -0.15) is 0 Å². The van der Waals surface area contributed by atoms with Gasteiger partial charge in [-0.1, -0.05) is 13.8 Å². The first-order valence-corrected chi connectivity index (χ1v) is 5.62. The van der Waals surface area contributed by atoms with E-state index < -0.39 is 0 Å². The van der Waals surface area contributed by atoms with Gasteiger partial charge < -0.3 is 10.3 Å². The van der Waals surface area contributed by atoms with Gasteiger partial charge >= 0.3 is 0 Å². The maximum atomic E-state index is 6.11. The first-order valence-electron chi connectivity index (χ1n) is 5.62. The Morgan fingerprint density at radius 3 is 2.64 bits per heavy atom. The molecular weight excluding hydrogens is 174 g/mol. The lowest BCUT2D eigenvalue weighted by molar-refractivity contribution is 0.650. The smallest absolute Gasteiger partial charge is 0.127 e. The lowest BCUT2D eigenvalue weighted by Crippen LogP contribution is -2.06. The largest absolute Gasteiger partial charge is 0.384 e. The molecule has 0 bridgehead atoms. The molecule has 0 unspecified atom stereocenters. The fraction of sp³-hybridized carbons (Fsp3) is 0.727. The molecule has 1 aliphatic carbocycles. The summed E-state index contributed by atoms with van der Waals surface area (Å²) < 4.78 is 2.19. The molecule has 0 spiro atoms. The van der Waals surface area contributed by atoms with Crippen LogP contribution in [0.25, 0.3) is 0 Å². The van der Waals surface area contributed by atoms with Crippen molar-refractivity contribution in [2.75, 3.05) is 5.73 Å². The highest BCUT2D eigenvalue weighted by Crippen LogP contribution is 2.42. The van der Waals surface area contributed by atoms with Gasteiger partial charge in [-0.15, -0.1) is 0 Å². The van der Waals surface area contributed by atoms with Gasteiger partial charge in [-0.05, 0) is 19.3 Å². The third-order valence-corrected chi connectivity index (χ3v) is 2.84. The van der Waals surface area contributed by atoms with E-state index in [0.29, 0.717) is 5.92 Å². The Labute approximate surface area is 85.3 Å². The number of hydrogen-bond acceptors (Lipinski definition) is 2. The molecule has 2 rings (SSSR count). The van der Waals surface area contributed by atoms with Gasteiger partial charge in [0, 0.05) is 18.9 Å². The second-order valence-corrected chi connectivity index (χ2v) is 4.08.